The number of hydrogen-bond acceptors (Lipinski definition) is 2. The molecule has 6 rings (SSSR count). The van der Waals surface area contributed by atoms with E-state index in [0.29, 0.717) is 6.42 Å². The van der Waals surface area contributed by atoms with Crippen molar-refractivity contribution in [3.8, 4) is 0 Å². The lowest BCUT2D eigenvalue weighted by Gasteiger charge is -2.17. The average Bonchev–Trinajstić information content (AvgIpc) is 3.17. The summed E-state index contributed by atoms with van der Waals surface area (Å²) in [5.74, 6) is 0.319. The molecule has 0 radical (unpaired) electrons. The molecule has 0 spiro atoms. The van der Waals surface area contributed by atoms with Crippen LogP contribution in [0.1, 0.15) is 82.5 Å². The first kappa shape index (κ1) is 35.3. The molecule has 0 saturated heterocycles. The molecule has 6 aromatic carbocycles. The van der Waals surface area contributed by atoms with Crippen molar-refractivity contribution in [3.63, 3.8) is 0 Å². The van der Waals surface area contributed by atoms with E-state index in [9.17, 15) is 9.59 Å². The zero-order valence-electron chi connectivity index (χ0n) is 28.0. The third kappa shape index (κ3) is 10.7. The summed E-state index contributed by atoms with van der Waals surface area (Å²) in [6, 6.07) is 60.3. The summed E-state index contributed by atoms with van der Waals surface area (Å²) in [7, 11) is 0. The molecule has 2 nitrogen and oxygen atoms in total. The first-order valence-electron chi connectivity index (χ1n) is 16.7. The van der Waals surface area contributed by atoms with Crippen LogP contribution < -0.4 is 0 Å². The first-order valence-corrected chi connectivity index (χ1v) is 16.7. The molecular formula is C46H44O2. The van der Waals surface area contributed by atoms with Gasteiger partial charge in [-0.1, -0.05) is 202 Å². The number of ketones is 2. The minimum Gasteiger partial charge on any atom is -0.294 e. The highest BCUT2D eigenvalue weighted by molar-refractivity contribution is 6.08. The summed E-state index contributed by atoms with van der Waals surface area (Å²) >= 11 is 0. The maximum atomic E-state index is 11.8. The minimum atomic E-state index is 0.0752. The number of carbonyl (C=O) groups is 2. The highest BCUT2D eigenvalue weighted by Gasteiger charge is 2.13. The van der Waals surface area contributed by atoms with Gasteiger partial charge in [0.25, 0.3) is 0 Å². The second-order valence-corrected chi connectivity index (χ2v) is 11.3. The van der Waals surface area contributed by atoms with Gasteiger partial charge in [0.05, 0.1) is 0 Å². The monoisotopic (exact) mass is 628 g/mol. The average molecular weight is 629 g/mol. The van der Waals surface area contributed by atoms with Crippen molar-refractivity contribution in [1.82, 2.24) is 0 Å². The number of Topliss-reactive ketones (excluding diaryl/α,β-unsaturated/α-hetero) is 1. The Hall–Kier alpha value is -5.60. The SMILES string of the molecule is CCCC(=C(c1ccccc1)c1ccccc1)c1ccccc1.CCCC(=O)c1ccccc1.O=C(c1ccccc1)c1ccccc1. The van der Waals surface area contributed by atoms with Crippen LogP contribution in [0.3, 0.4) is 0 Å². The summed E-state index contributed by atoms with van der Waals surface area (Å²) in [5.41, 5.74) is 8.95. The van der Waals surface area contributed by atoms with Gasteiger partial charge in [-0.15, -0.1) is 0 Å². The fourth-order valence-corrected chi connectivity index (χ4v) is 5.37. The topological polar surface area (TPSA) is 34.1 Å². The largest absolute Gasteiger partial charge is 0.294 e. The van der Waals surface area contributed by atoms with Gasteiger partial charge in [-0.2, -0.15) is 0 Å². The standard InChI is InChI=1S/C23H22.C13H10O.C10H12O/c1-2-12-22(19-13-6-3-7-14-19)23(20-15-8-4-9-16-20)21-17-10-5-11-18-21;14-13(11-7-3-1-4-8-11)12-9-5-2-6-10-12;1-2-6-10(11)9-7-4-3-5-8-9/h3-11,13-18H,2,12H2,1H3;1-10H;3-5,7-8H,2,6H2,1H3. The van der Waals surface area contributed by atoms with Gasteiger partial charge in [-0.25, -0.2) is 0 Å². The van der Waals surface area contributed by atoms with E-state index < -0.39 is 0 Å². The van der Waals surface area contributed by atoms with E-state index >= 15 is 0 Å². The van der Waals surface area contributed by atoms with E-state index in [-0.39, 0.29) is 11.6 Å². The van der Waals surface area contributed by atoms with Crippen LogP contribution in [0.25, 0.3) is 11.1 Å². The van der Waals surface area contributed by atoms with Crippen LogP contribution in [0.15, 0.2) is 182 Å². The first-order chi connectivity index (χ1) is 23.6. The van der Waals surface area contributed by atoms with Crippen LogP contribution in [0.2, 0.25) is 0 Å². The van der Waals surface area contributed by atoms with E-state index in [0.717, 1.165) is 36.0 Å². The van der Waals surface area contributed by atoms with Crippen molar-refractivity contribution in [2.45, 2.75) is 39.5 Å². The molecule has 240 valence electrons. The van der Waals surface area contributed by atoms with Crippen molar-refractivity contribution < 1.29 is 9.59 Å². The summed E-state index contributed by atoms with van der Waals surface area (Å²) in [5, 5.41) is 0. The Balaban J connectivity index is 0.000000177. The Kier molecular flexibility index (Phi) is 14.6. The maximum absolute atomic E-state index is 11.8. The van der Waals surface area contributed by atoms with Crippen molar-refractivity contribution in [2.24, 2.45) is 0 Å². The van der Waals surface area contributed by atoms with Crippen LogP contribution in [-0.4, -0.2) is 11.6 Å². The summed E-state index contributed by atoms with van der Waals surface area (Å²) in [6.45, 7) is 4.26. The molecule has 0 aliphatic rings. The van der Waals surface area contributed by atoms with Crippen LogP contribution in [-0.2, 0) is 0 Å². The highest BCUT2D eigenvalue weighted by Crippen LogP contribution is 2.34. The van der Waals surface area contributed by atoms with E-state index in [2.05, 4.69) is 97.9 Å². The number of carbonyl (C=O) groups excluding carboxylic acids is 2. The maximum Gasteiger partial charge on any atom is 0.193 e. The molecule has 0 bridgehead atoms. The fourth-order valence-electron chi connectivity index (χ4n) is 5.37. The van der Waals surface area contributed by atoms with Crippen LogP contribution in [0, 0.1) is 0 Å². The van der Waals surface area contributed by atoms with E-state index in [1.54, 1.807) is 0 Å². The predicted molar refractivity (Wildman–Crippen MR) is 202 cm³/mol. The summed E-state index contributed by atoms with van der Waals surface area (Å²) in [6.07, 6.45) is 3.79. The lowest BCUT2D eigenvalue weighted by atomic mass is 9.87. The molecule has 0 N–H and O–H groups in total. The molecule has 0 heterocycles. The Morgan fingerprint density at radius 2 is 0.646 bits per heavy atom. The molecule has 0 aliphatic heterocycles. The third-order valence-electron chi connectivity index (χ3n) is 7.69. The van der Waals surface area contributed by atoms with Gasteiger partial charge in [-0.3, -0.25) is 9.59 Å². The molecule has 0 aromatic heterocycles. The molecule has 6 aromatic rings. The second kappa shape index (κ2) is 19.8. The predicted octanol–water partition coefficient (Wildman–Crippen LogP) is 12.0. The molecule has 2 heteroatoms. The van der Waals surface area contributed by atoms with Crippen LogP contribution >= 0.6 is 0 Å². The molecule has 0 unspecified atom stereocenters. The van der Waals surface area contributed by atoms with Gasteiger partial charge in [0, 0.05) is 23.1 Å². The minimum absolute atomic E-state index is 0.0752. The van der Waals surface area contributed by atoms with Crippen molar-refractivity contribution >= 4 is 22.7 Å². The molecule has 48 heavy (non-hydrogen) atoms. The van der Waals surface area contributed by atoms with Crippen LogP contribution in [0.4, 0.5) is 0 Å². The fraction of sp³-hybridized carbons (Fsp3) is 0.130. The molecular weight excluding hydrogens is 585 g/mol. The second-order valence-electron chi connectivity index (χ2n) is 11.3. The van der Waals surface area contributed by atoms with E-state index in [1.807, 2.05) is 97.9 Å². The summed E-state index contributed by atoms with van der Waals surface area (Å²) in [4.78, 5) is 23.1. The third-order valence-corrected chi connectivity index (χ3v) is 7.69. The number of allylic oxidation sites excluding steroid dienone is 1. The number of hydrogen-bond donors (Lipinski definition) is 0. The van der Waals surface area contributed by atoms with E-state index in [4.69, 9.17) is 0 Å². The normalized spacial score (nSPS) is 9.96. The lowest BCUT2D eigenvalue weighted by molar-refractivity contribution is 0.0980. The van der Waals surface area contributed by atoms with Crippen LogP contribution in [0.5, 0.6) is 0 Å². The number of benzene rings is 6. The van der Waals surface area contributed by atoms with Crippen molar-refractivity contribution in [3.05, 3.63) is 215 Å². The van der Waals surface area contributed by atoms with Gasteiger partial charge in [0.2, 0.25) is 0 Å². The smallest absolute Gasteiger partial charge is 0.193 e. The quantitative estimate of drug-likeness (QED) is 0.112. The molecule has 0 atom stereocenters. The van der Waals surface area contributed by atoms with Gasteiger partial charge in [-0.05, 0) is 40.7 Å². The molecule has 0 amide bonds. The Labute approximate surface area is 286 Å². The summed E-state index contributed by atoms with van der Waals surface area (Å²) < 4.78 is 0. The zero-order valence-corrected chi connectivity index (χ0v) is 28.0. The number of rotatable bonds is 10. The van der Waals surface area contributed by atoms with Gasteiger partial charge in [0.1, 0.15) is 0 Å². The Morgan fingerprint density at radius 1 is 0.354 bits per heavy atom. The molecule has 0 aliphatic carbocycles. The van der Waals surface area contributed by atoms with Gasteiger partial charge in [0.15, 0.2) is 11.6 Å². The van der Waals surface area contributed by atoms with Crippen molar-refractivity contribution in [2.75, 3.05) is 0 Å². The Bertz CT molecular complexity index is 1730. The van der Waals surface area contributed by atoms with Gasteiger partial charge >= 0.3 is 0 Å². The Morgan fingerprint density at radius 3 is 0.979 bits per heavy atom. The lowest BCUT2D eigenvalue weighted by Crippen LogP contribution is -1.99. The zero-order chi connectivity index (χ0) is 33.8. The molecule has 0 fully saturated rings. The van der Waals surface area contributed by atoms with E-state index in [1.165, 1.54) is 27.8 Å². The highest BCUT2D eigenvalue weighted by atomic mass is 16.1. The molecule has 0 saturated carbocycles. The van der Waals surface area contributed by atoms with Gasteiger partial charge < -0.3 is 0 Å². The van der Waals surface area contributed by atoms with Crippen molar-refractivity contribution in [1.29, 1.82) is 0 Å².